The first kappa shape index (κ1) is 17.0. The van der Waals surface area contributed by atoms with E-state index in [1.165, 1.54) is 0 Å². The molecule has 0 spiro atoms. The van der Waals surface area contributed by atoms with Crippen molar-refractivity contribution in [2.45, 2.75) is 33.2 Å². The maximum Gasteiger partial charge on any atom is 0.0895 e. The van der Waals surface area contributed by atoms with Gasteiger partial charge in [0.05, 0.1) is 18.6 Å². The molecule has 0 aromatic rings. The molecular weight excluding hydrogens is 210 g/mol. The molecule has 0 rings (SSSR count). The number of nitrogens with zero attached hydrogens (tertiary/aromatic N) is 3. The van der Waals surface area contributed by atoms with Crippen LogP contribution in [0, 0.1) is 5.92 Å². The number of halogens is 1. The van der Waals surface area contributed by atoms with Gasteiger partial charge >= 0.3 is 0 Å². The van der Waals surface area contributed by atoms with Crippen LogP contribution in [-0.4, -0.2) is 44.1 Å². The van der Waals surface area contributed by atoms with Crippen molar-refractivity contribution in [2.75, 3.05) is 27.2 Å². The molecule has 0 aliphatic carbocycles. The maximum atomic E-state index is 4.21. The standard InChI is InChI=1S/C11H23N3.ClH/c1-10(2)11(3)13-9-12-7-6-8-14(4)5;/h10-11H,6-8H2,1-5H3;1H. The number of rotatable bonds is 6. The molecule has 0 aliphatic rings. The lowest BCUT2D eigenvalue weighted by molar-refractivity contribution is 0.403. The van der Waals surface area contributed by atoms with Gasteiger partial charge in [0.1, 0.15) is 0 Å². The van der Waals surface area contributed by atoms with E-state index in [-0.39, 0.29) is 12.4 Å². The highest BCUT2D eigenvalue weighted by molar-refractivity contribution is 5.85. The smallest absolute Gasteiger partial charge is 0.0895 e. The monoisotopic (exact) mass is 233 g/mol. The van der Waals surface area contributed by atoms with Gasteiger partial charge in [-0.15, -0.1) is 12.4 Å². The summed E-state index contributed by atoms with van der Waals surface area (Å²) in [7, 11) is 4.14. The summed E-state index contributed by atoms with van der Waals surface area (Å²) in [6.07, 6.45) is 1.07. The zero-order valence-electron chi connectivity index (χ0n) is 10.5. The summed E-state index contributed by atoms with van der Waals surface area (Å²) in [5.41, 5.74) is 0. The molecule has 0 aromatic heterocycles. The van der Waals surface area contributed by atoms with Gasteiger partial charge in [0.25, 0.3) is 0 Å². The molecule has 15 heavy (non-hydrogen) atoms. The summed E-state index contributed by atoms with van der Waals surface area (Å²) in [6.45, 7) is 8.30. The summed E-state index contributed by atoms with van der Waals surface area (Å²) in [5.74, 6) is 0.569. The van der Waals surface area contributed by atoms with Crippen LogP contribution >= 0.6 is 12.4 Å². The molecule has 0 heterocycles. The quantitative estimate of drug-likeness (QED) is 0.512. The number of aliphatic imine (C=N–C) groups is 2. The third-order valence-electron chi connectivity index (χ3n) is 2.17. The highest BCUT2D eigenvalue weighted by atomic mass is 35.5. The molecule has 0 aromatic carbocycles. The Morgan fingerprint density at radius 1 is 1.20 bits per heavy atom. The summed E-state index contributed by atoms with van der Waals surface area (Å²) >= 11 is 0. The molecule has 0 fully saturated rings. The van der Waals surface area contributed by atoms with Gasteiger partial charge in [-0.2, -0.15) is 0 Å². The topological polar surface area (TPSA) is 28.0 Å². The van der Waals surface area contributed by atoms with Crippen molar-refractivity contribution in [3.8, 4) is 0 Å². The van der Waals surface area contributed by atoms with Crippen LogP contribution in [0.25, 0.3) is 0 Å². The highest BCUT2D eigenvalue weighted by Crippen LogP contribution is 2.02. The second-order valence-corrected chi connectivity index (χ2v) is 4.25. The molecule has 0 saturated carbocycles. The van der Waals surface area contributed by atoms with E-state index in [1.807, 2.05) is 0 Å². The van der Waals surface area contributed by atoms with E-state index in [2.05, 4.69) is 55.8 Å². The molecule has 0 radical (unpaired) electrons. The van der Waals surface area contributed by atoms with Crippen LogP contribution in [0.2, 0.25) is 0 Å². The molecule has 0 amide bonds. The number of hydrogen-bond acceptors (Lipinski definition) is 3. The lowest BCUT2D eigenvalue weighted by Crippen LogP contribution is -2.13. The van der Waals surface area contributed by atoms with E-state index < -0.39 is 0 Å². The zero-order valence-corrected chi connectivity index (χ0v) is 11.3. The third kappa shape index (κ3) is 11.6. The first-order chi connectivity index (χ1) is 6.54. The molecular formula is C11H24ClN3. The molecule has 0 saturated heterocycles. The minimum atomic E-state index is 0. The number of hydrogen-bond donors (Lipinski definition) is 0. The van der Waals surface area contributed by atoms with Gasteiger partial charge in [-0.05, 0) is 39.9 Å². The third-order valence-corrected chi connectivity index (χ3v) is 2.17. The van der Waals surface area contributed by atoms with Crippen LogP contribution in [-0.2, 0) is 0 Å². The molecule has 0 bridgehead atoms. The molecule has 1 unspecified atom stereocenters. The Bertz CT molecular complexity index is 196. The molecule has 0 aliphatic heterocycles. The minimum absolute atomic E-state index is 0. The Kier molecular flexibility index (Phi) is 11.5. The minimum Gasteiger partial charge on any atom is -0.309 e. The van der Waals surface area contributed by atoms with E-state index in [4.69, 9.17) is 0 Å². The van der Waals surface area contributed by atoms with Crippen LogP contribution < -0.4 is 0 Å². The zero-order chi connectivity index (χ0) is 11.0. The van der Waals surface area contributed by atoms with Gasteiger partial charge in [0.2, 0.25) is 0 Å². The van der Waals surface area contributed by atoms with Crippen LogP contribution in [0.5, 0.6) is 0 Å². The van der Waals surface area contributed by atoms with Crippen molar-refractivity contribution in [1.29, 1.82) is 0 Å². The lowest BCUT2D eigenvalue weighted by Gasteiger charge is -2.07. The first-order valence-electron chi connectivity index (χ1n) is 5.30. The average molecular weight is 234 g/mol. The summed E-state index contributed by atoms with van der Waals surface area (Å²) in [4.78, 5) is 10.5. The van der Waals surface area contributed by atoms with Crippen LogP contribution in [0.15, 0.2) is 9.98 Å². The fourth-order valence-electron chi connectivity index (χ4n) is 0.797. The van der Waals surface area contributed by atoms with Gasteiger partial charge in [0.15, 0.2) is 0 Å². The Morgan fingerprint density at radius 3 is 2.27 bits per heavy atom. The SMILES string of the molecule is CC(C)C(C)N=C=NCCCN(C)C.Cl. The first-order valence-corrected chi connectivity index (χ1v) is 5.30. The highest BCUT2D eigenvalue weighted by Gasteiger charge is 2.01. The maximum absolute atomic E-state index is 4.21. The molecule has 1 atom stereocenters. The van der Waals surface area contributed by atoms with Crippen molar-refractivity contribution in [3.05, 3.63) is 0 Å². The van der Waals surface area contributed by atoms with E-state index >= 15 is 0 Å². The van der Waals surface area contributed by atoms with E-state index in [1.54, 1.807) is 0 Å². The second-order valence-electron chi connectivity index (χ2n) is 4.25. The van der Waals surface area contributed by atoms with Gasteiger partial charge in [-0.25, -0.2) is 9.98 Å². The van der Waals surface area contributed by atoms with Gasteiger partial charge < -0.3 is 4.90 Å². The fourth-order valence-corrected chi connectivity index (χ4v) is 0.797. The predicted molar refractivity (Wildman–Crippen MR) is 69.4 cm³/mol. The van der Waals surface area contributed by atoms with Crippen LogP contribution in [0.4, 0.5) is 0 Å². The average Bonchev–Trinajstić information content (AvgIpc) is 2.09. The van der Waals surface area contributed by atoms with E-state index in [0.717, 1.165) is 19.5 Å². The van der Waals surface area contributed by atoms with E-state index in [9.17, 15) is 0 Å². The van der Waals surface area contributed by atoms with Crippen molar-refractivity contribution in [2.24, 2.45) is 15.9 Å². The second kappa shape index (κ2) is 10.2. The normalized spacial score (nSPS) is 11.9. The van der Waals surface area contributed by atoms with Gasteiger partial charge in [-0.1, -0.05) is 13.8 Å². The predicted octanol–water partition coefficient (Wildman–Crippen LogP) is 2.58. The van der Waals surface area contributed by atoms with Crippen molar-refractivity contribution < 1.29 is 0 Å². The summed E-state index contributed by atoms with van der Waals surface area (Å²) < 4.78 is 0. The van der Waals surface area contributed by atoms with Crippen LogP contribution in [0.3, 0.4) is 0 Å². The molecule has 3 nitrogen and oxygen atoms in total. The van der Waals surface area contributed by atoms with Gasteiger partial charge in [0, 0.05) is 0 Å². The largest absolute Gasteiger partial charge is 0.309 e. The van der Waals surface area contributed by atoms with Crippen molar-refractivity contribution >= 4 is 18.4 Å². The Hall–Kier alpha value is -0.370. The molecule has 0 N–H and O–H groups in total. The molecule has 4 heteroatoms. The molecule has 90 valence electrons. The lowest BCUT2D eigenvalue weighted by atomic mass is 10.1. The Balaban J connectivity index is 0. The Labute approximate surface area is 100 Å². The Morgan fingerprint density at radius 2 is 1.80 bits per heavy atom. The summed E-state index contributed by atoms with van der Waals surface area (Å²) in [6, 6.07) is 3.10. The van der Waals surface area contributed by atoms with Crippen LogP contribution in [0.1, 0.15) is 27.2 Å². The van der Waals surface area contributed by atoms with Crippen molar-refractivity contribution in [3.63, 3.8) is 0 Å². The van der Waals surface area contributed by atoms with Crippen molar-refractivity contribution in [1.82, 2.24) is 4.90 Å². The summed E-state index contributed by atoms with van der Waals surface area (Å²) in [5, 5.41) is 0. The van der Waals surface area contributed by atoms with Gasteiger partial charge in [-0.3, -0.25) is 0 Å². The van der Waals surface area contributed by atoms with E-state index in [0.29, 0.717) is 12.0 Å². The fraction of sp³-hybridized carbons (Fsp3) is 0.909.